The zero-order valence-corrected chi connectivity index (χ0v) is 58.0. The number of nitrogen functional groups attached to an aromatic ring is 2. The molecule has 4 aliphatic rings. The number of aliphatic hydroxyl groups is 2. The highest BCUT2D eigenvalue weighted by Gasteiger charge is 2.53. The first kappa shape index (κ1) is 73.8. The van der Waals surface area contributed by atoms with E-state index in [1.807, 2.05) is 81.1 Å². The van der Waals surface area contributed by atoms with Gasteiger partial charge >= 0.3 is 5.97 Å². The van der Waals surface area contributed by atoms with Crippen molar-refractivity contribution in [3.05, 3.63) is 84.0 Å². The number of aromatic nitrogens is 8. The SMILES string of the molecule is CO[C@H]1C[C@@H]2CC[C@@H](C)[C@@](O)(O2)C(=O)C(=O)N2CCCC[C@H]2C(=O)O[C@H]([C@H](C)C[C@@H]2CC[C@@H](OCCOCc3cn(CCCCn4nc(-c5ccc6oc(N)nc6c5)c5c(N)ncnc54)nn3)[C@H](OC)C2)CC(=O)[C@H](C)/C=C(\C)[C@@H](O)[C@@H](C)C(=O)[C@H](C)C[C@H](C)/C=C/C=CC=C1C. The molecule has 7 heterocycles. The van der Waals surface area contributed by atoms with Crippen LogP contribution in [0.3, 0.4) is 0 Å². The quantitative estimate of drug-likeness (QED) is 0.0291. The number of benzene rings is 1. The van der Waals surface area contributed by atoms with E-state index in [0.29, 0.717) is 129 Å². The van der Waals surface area contributed by atoms with Gasteiger partial charge in [-0.25, -0.2) is 19.4 Å². The topological polar surface area (TPSA) is 337 Å². The zero-order chi connectivity index (χ0) is 69.7. The number of nitrogens with two attached hydrogens (primary N) is 2. The first-order chi connectivity index (χ1) is 46.5. The highest BCUT2D eigenvalue weighted by Crippen LogP contribution is 2.39. The van der Waals surface area contributed by atoms with Gasteiger partial charge in [0.15, 0.2) is 11.2 Å². The number of ketones is 3. The number of allylic oxidation sites excluding steroid dienone is 6. The van der Waals surface area contributed by atoms with Gasteiger partial charge in [0.1, 0.15) is 52.8 Å². The van der Waals surface area contributed by atoms with Crippen LogP contribution in [0.15, 0.2) is 82.7 Å². The number of ether oxygens (including phenoxy) is 6. The number of cyclic esters (lactones) is 1. The Labute approximate surface area is 568 Å². The van der Waals surface area contributed by atoms with E-state index < -0.39 is 71.7 Å². The zero-order valence-electron chi connectivity index (χ0n) is 58.0. The summed E-state index contributed by atoms with van der Waals surface area (Å²) in [6.07, 6.45) is 18.2. The Morgan fingerprint density at radius 3 is 2.44 bits per heavy atom. The van der Waals surface area contributed by atoms with Crippen LogP contribution in [0.2, 0.25) is 0 Å². The summed E-state index contributed by atoms with van der Waals surface area (Å²) in [6, 6.07) is 4.44. The summed E-state index contributed by atoms with van der Waals surface area (Å²) in [5.74, 6) is -8.12. The monoisotopic (exact) mass is 1340 g/mol. The molecule has 3 fully saturated rings. The van der Waals surface area contributed by atoms with E-state index in [9.17, 15) is 34.2 Å². The Hall–Kier alpha value is -7.39. The molecule has 4 aromatic heterocycles. The number of oxazole rings is 1. The van der Waals surface area contributed by atoms with Gasteiger partial charge in [-0.3, -0.25) is 23.9 Å². The van der Waals surface area contributed by atoms with Crippen molar-refractivity contribution < 1.29 is 67.0 Å². The van der Waals surface area contributed by atoms with Crippen molar-refractivity contribution in [1.82, 2.24) is 44.6 Å². The second kappa shape index (κ2) is 33.9. The molecule has 1 saturated carbocycles. The number of rotatable bonds is 17. The predicted molar refractivity (Wildman–Crippen MR) is 363 cm³/mol. The van der Waals surface area contributed by atoms with Crippen LogP contribution in [0.25, 0.3) is 33.4 Å². The molecule has 9 rings (SSSR count). The molecule has 15 atom stereocenters. The molecule has 528 valence electrons. The molecular formula is C72H101N11O14. The van der Waals surface area contributed by atoms with Gasteiger partial charge < -0.3 is 59.4 Å². The number of methoxy groups -OCH3 is 2. The molecule has 1 amide bonds. The van der Waals surface area contributed by atoms with E-state index >= 15 is 0 Å². The maximum atomic E-state index is 14.7. The predicted octanol–water partition coefficient (Wildman–Crippen LogP) is 9.23. The van der Waals surface area contributed by atoms with E-state index in [1.54, 1.807) is 58.7 Å². The molecule has 2 bridgehead atoms. The molecule has 2 saturated heterocycles. The lowest BCUT2D eigenvalue weighted by atomic mass is 9.78. The van der Waals surface area contributed by atoms with Gasteiger partial charge in [-0.1, -0.05) is 83.2 Å². The van der Waals surface area contributed by atoms with Crippen molar-refractivity contribution in [3.8, 4) is 11.3 Å². The molecule has 25 heteroatoms. The minimum atomic E-state index is -2.45. The van der Waals surface area contributed by atoms with Crippen LogP contribution in [-0.4, -0.2) is 166 Å². The summed E-state index contributed by atoms with van der Waals surface area (Å²) >= 11 is 0. The fraction of sp³-hybridized carbons (Fsp3) is 0.625. The summed E-state index contributed by atoms with van der Waals surface area (Å²) in [5, 5.41) is 37.9. The van der Waals surface area contributed by atoms with Gasteiger partial charge in [-0.05, 0) is 138 Å². The summed E-state index contributed by atoms with van der Waals surface area (Å²) in [6.45, 7) is 16.8. The van der Waals surface area contributed by atoms with Crippen LogP contribution in [0.5, 0.6) is 0 Å². The van der Waals surface area contributed by atoms with Crippen LogP contribution >= 0.6 is 0 Å². The minimum Gasteiger partial charge on any atom is -0.460 e. The normalized spacial score (nSPS) is 30.2. The fourth-order valence-electron chi connectivity index (χ4n) is 14.3. The van der Waals surface area contributed by atoms with E-state index in [2.05, 4.69) is 25.3 Å². The molecule has 97 heavy (non-hydrogen) atoms. The average Bonchev–Trinajstić information content (AvgIpc) is 1.72. The van der Waals surface area contributed by atoms with E-state index in [4.69, 9.17) is 49.4 Å². The lowest BCUT2D eigenvalue weighted by Gasteiger charge is -2.42. The largest absolute Gasteiger partial charge is 0.460 e. The third-order valence-electron chi connectivity index (χ3n) is 20.2. The van der Waals surface area contributed by atoms with Gasteiger partial charge in [0.05, 0.1) is 61.9 Å². The van der Waals surface area contributed by atoms with Gasteiger partial charge in [-0.2, -0.15) is 10.1 Å². The molecule has 0 spiro atoms. The fourth-order valence-corrected chi connectivity index (χ4v) is 14.3. The number of carbonyl (C=O) groups is 5. The first-order valence-corrected chi connectivity index (χ1v) is 34.6. The number of nitrogens with zero attached hydrogens (tertiary/aromatic N) is 9. The second-order valence-corrected chi connectivity index (χ2v) is 27.6. The highest BCUT2D eigenvalue weighted by atomic mass is 16.6. The molecule has 3 aliphatic heterocycles. The number of amides is 1. The molecule has 1 aliphatic carbocycles. The van der Waals surface area contributed by atoms with Gasteiger partial charge in [-0.15, -0.1) is 5.10 Å². The third kappa shape index (κ3) is 18.5. The number of Topliss-reactive ketones (excluding diaryl/α,β-unsaturated/α-hetero) is 3. The lowest BCUT2D eigenvalue weighted by Crippen LogP contribution is -2.61. The number of carbonyl (C=O) groups excluding carboxylic acids is 5. The van der Waals surface area contributed by atoms with Gasteiger partial charge in [0, 0.05) is 75.9 Å². The van der Waals surface area contributed by atoms with Crippen molar-refractivity contribution in [2.24, 2.45) is 41.4 Å². The van der Waals surface area contributed by atoms with Crippen LogP contribution in [0.4, 0.5) is 11.8 Å². The molecular weight excluding hydrogens is 1240 g/mol. The van der Waals surface area contributed by atoms with Gasteiger partial charge in [0.2, 0.25) is 5.79 Å². The molecule has 0 radical (unpaired) electrons. The van der Waals surface area contributed by atoms with Crippen molar-refractivity contribution in [2.45, 2.75) is 213 Å². The number of hydrogen-bond donors (Lipinski definition) is 4. The summed E-state index contributed by atoms with van der Waals surface area (Å²) in [5.41, 5.74) is 17.4. The van der Waals surface area contributed by atoms with Crippen molar-refractivity contribution in [2.75, 3.05) is 45.4 Å². The maximum Gasteiger partial charge on any atom is 0.329 e. The van der Waals surface area contributed by atoms with Crippen LogP contribution in [-0.2, 0) is 72.1 Å². The Balaban J connectivity index is 0.804. The summed E-state index contributed by atoms with van der Waals surface area (Å²) < 4.78 is 46.1. The summed E-state index contributed by atoms with van der Waals surface area (Å²) in [4.78, 5) is 86.2. The van der Waals surface area contributed by atoms with E-state index in [-0.39, 0.29) is 79.5 Å². The van der Waals surface area contributed by atoms with E-state index in [1.165, 1.54) is 11.2 Å². The van der Waals surface area contributed by atoms with Crippen LogP contribution in [0.1, 0.15) is 151 Å². The molecule has 1 aromatic carbocycles. The summed E-state index contributed by atoms with van der Waals surface area (Å²) in [7, 11) is 3.25. The van der Waals surface area contributed by atoms with Gasteiger partial charge in [0.25, 0.3) is 17.7 Å². The third-order valence-corrected chi connectivity index (χ3v) is 20.2. The van der Waals surface area contributed by atoms with Crippen LogP contribution in [0, 0.1) is 41.4 Å². The number of esters is 1. The van der Waals surface area contributed by atoms with Crippen molar-refractivity contribution in [1.29, 1.82) is 0 Å². The number of fused-ring (bicyclic) bond motifs is 5. The number of anilines is 2. The molecule has 5 aromatic rings. The molecule has 25 nitrogen and oxygen atoms in total. The smallest absolute Gasteiger partial charge is 0.329 e. The van der Waals surface area contributed by atoms with Crippen molar-refractivity contribution >= 4 is 63.2 Å². The van der Waals surface area contributed by atoms with E-state index in [0.717, 1.165) is 30.4 Å². The number of aryl methyl sites for hydroxylation is 2. The Morgan fingerprint density at radius 1 is 0.866 bits per heavy atom. The molecule has 6 N–H and O–H groups in total. The first-order valence-electron chi connectivity index (χ1n) is 34.6. The van der Waals surface area contributed by atoms with Crippen LogP contribution < -0.4 is 11.5 Å². The number of aliphatic hydroxyl groups excluding tert-OH is 1. The Morgan fingerprint density at radius 2 is 1.66 bits per heavy atom. The lowest BCUT2D eigenvalue weighted by molar-refractivity contribution is -0.265. The Bertz CT molecular complexity index is 3650. The number of hydrogen-bond acceptors (Lipinski definition) is 22. The maximum absolute atomic E-state index is 14.7. The number of piperidine rings is 1. The minimum absolute atomic E-state index is 0.0510. The average molecular weight is 1340 g/mol. The standard InChI is InChI=1S/C72H101N11O14/c1-42-18-12-11-13-19-43(2)59(91-9)37-53-24-21-48(7)72(90,97-53)66(87)69(88)82-28-15-14-20-55(82)70(89)95-60(38-56(84)44(3)33-47(6)65(86)49(8)64(85)46(5)32-42)45(4)34-50-22-25-58(61(35-50)92-10)94-31-30-93-40-52-39-81(80-78-52)27-16-17-29-83-68-62(67(73)75-41-76-68)63(79-83)51-23-26-57-54(36-51)77-71(74)96-57/h11-13,18-19,23,26,33,36,39,41-42,44-46,48-50,53,55,58-61,65,86,90H,14-17,20-22,24-25,27-32,34-35,37-38,40H2,1-10H3,(H2,74,77)(H2,73,75,76)/b13-11?,18-12+,43-19?,47-33+/t42-,44-,45-,46-,48-,49+,50+,53+,55+,58-,59+,60+,61-,65-,72-/m1/s1. The Kier molecular flexibility index (Phi) is 25.8. The number of unbranched alkanes of at least 4 members (excludes halogenated alkanes) is 1. The second-order valence-electron chi connectivity index (χ2n) is 27.6. The highest BCUT2D eigenvalue weighted by molar-refractivity contribution is 6.39. The van der Waals surface area contributed by atoms with Crippen molar-refractivity contribution in [3.63, 3.8) is 0 Å². The molecule has 0 unspecified atom stereocenters.